The van der Waals surface area contributed by atoms with Gasteiger partial charge in [-0.2, -0.15) is 5.10 Å². The Morgan fingerprint density at radius 3 is 2.52 bits per heavy atom. The van der Waals surface area contributed by atoms with Gasteiger partial charge in [-0.25, -0.2) is 0 Å². The van der Waals surface area contributed by atoms with Crippen LogP contribution in [0.5, 0.6) is 5.75 Å². The third kappa shape index (κ3) is 5.91. The number of nitro groups is 2. The van der Waals surface area contributed by atoms with Crippen LogP contribution in [0.15, 0.2) is 65.8 Å². The van der Waals surface area contributed by atoms with Gasteiger partial charge in [0, 0.05) is 21.7 Å². The van der Waals surface area contributed by atoms with E-state index in [1.807, 2.05) is 0 Å². The maximum absolute atomic E-state index is 11.2. The Bertz CT molecular complexity index is 1170. The molecule has 0 fully saturated rings. The number of hydrogen-bond acceptors (Lipinski definition) is 7. The number of nitrogens with one attached hydrogen (secondary N) is 1. The van der Waals surface area contributed by atoms with Crippen LogP contribution in [0, 0.1) is 20.2 Å². The molecule has 0 spiro atoms. The molecule has 3 aromatic rings. The largest absolute Gasteiger partial charge is 0.489 e. The zero-order valence-electron chi connectivity index (χ0n) is 15.7. The molecule has 0 heterocycles. The van der Waals surface area contributed by atoms with Gasteiger partial charge in [-0.1, -0.05) is 41.4 Å². The molecule has 0 aliphatic carbocycles. The number of halogens is 2. The average Bonchev–Trinajstić information content (AvgIpc) is 2.73. The Labute approximate surface area is 186 Å². The molecule has 3 rings (SSSR count). The molecule has 0 radical (unpaired) electrons. The molecule has 3 aromatic carbocycles. The topological polar surface area (TPSA) is 120 Å². The number of hydrazone groups is 1. The number of rotatable bonds is 8. The smallest absolute Gasteiger partial charge is 0.301 e. The van der Waals surface area contributed by atoms with Gasteiger partial charge in [-0.3, -0.25) is 25.7 Å². The molecule has 0 amide bonds. The molecule has 31 heavy (non-hydrogen) atoms. The van der Waals surface area contributed by atoms with E-state index in [0.29, 0.717) is 21.4 Å². The minimum absolute atomic E-state index is 0.0247. The van der Waals surface area contributed by atoms with Crippen LogP contribution in [-0.2, 0) is 6.61 Å². The first kappa shape index (κ1) is 22.0. The SMILES string of the molecule is O=[N+]([O-])c1ccc(N/N=C\c2cccc(OCc3ccc(Cl)cc3Cl)c2)c([N+](=O)[O-])c1. The fourth-order valence-corrected chi connectivity index (χ4v) is 3.00. The predicted octanol–water partition coefficient (Wildman–Crippen LogP) is 5.83. The number of hydrogen-bond donors (Lipinski definition) is 1. The van der Waals surface area contributed by atoms with E-state index >= 15 is 0 Å². The van der Waals surface area contributed by atoms with Crippen molar-refractivity contribution in [2.75, 3.05) is 5.43 Å². The van der Waals surface area contributed by atoms with Crippen LogP contribution in [0.4, 0.5) is 17.1 Å². The van der Waals surface area contributed by atoms with Crippen LogP contribution >= 0.6 is 23.2 Å². The summed E-state index contributed by atoms with van der Waals surface area (Å²) < 4.78 is 5.74. The molecule has 0 saturated heterocycles. The van der Waals surface area contributed by atoms with Crippen molar-refractivity contribution in [2.45, 2.75) is 6.61 Å². The molecule has 158 valence electrons. The lowest BCUT2D eigenvalue weighted by molar-refractivity contribution is -0.393. The third-order valence-electron chi connectivity index (χ3n) is 4.05. The fraction of sp³-hybridized carbons (Fsp3) is 0.0500. The molecule has 0 bridgehead atoms. The monoisotopic (exact) mass is 460 g/mol. The second kappa shape index (κ2) is 9.88. The van der Waals surface area contributed by atoms with Crippen LogP contribution in [0.1, 0.15) is 11.1 Å². The van der Waals surface area contributed by atoms with Crippen LogP contribution in [0.25, 0.3) is 0 Å². The number of nitrogens with zero attached hydrogens (tertiary/aromatic N) is 3. The first-order valence-electron chi connectivity index (χ1n) is 8.72. The van der Waals surface area contributed by atoms with E-state index in [1.165, 1.54) is 12.3 Å². The summed E-state index contributed by atoms with van der Waals surface area (Å²) in [5, 5.41) is 27.0. The highest BCUT2D eigenvalue weighted by Crippen LogP contribution is 2.29. The highest BCUT2D eigenvalue weighted by Gasteiger charge is 2.19. The third-order valence-corrected chi connectivity index (χ3v) is 4.64. The van der Waals surface area contributed by atoms with E-state index in [2.05, 4.69) is 10.5 Å². The van der Waals surface area contributed by atoms with Crippen molar-refractivity contribution in [2.24, 2.45) is 5.10 Å². The highest BCUT2D eigenvalue weighted by atomic mass is 35.5. The van der Waals surface area contributed by atoms with Gasteiger partial charge >= 0.3 is 5.69 Å². The maximum atomic E-state index is 11.2. The highest BCUT2D eigenvalue weighted by molar-refractivity contribution is 6.35. The summed E-state index contributed by atoms with van der Waals surface area (Å²) in [6.45, 7) is 0.240. The van der Waals surface area contributed by atoms with E-state index in [1.54, 1.807) is 42.5 Å². The minimum Gasteiger partial charge on any atom is -0.489 e. The van der Waals surface area contributed by atoms with Gasteiger partial charge in [0.25, 0.3) is 5.69 Å². The molecule has 0 saturated carbocycles. The second-order valence-corrected chi connectivity index (χ2v) is 7.03. The number of nitro benzene ring substituents is 2. The summed E-state index contributed by atoms with van der Waals surface area (Å²) in [7, 11) is 0. The maximum Gasteiger partial charge on any atom is 0.301 e. The van der Waals surface area contributed by atoms with Crippen LogP contribution < -0.4 is 10.2 Å². The van der Waals surface area contributed by atoms with Crippen molar-refractivity contribution in [3.05, 3.63) is 102 Å². The van der Waals surface area contributed by atoms with Crippen molar-refractivity contribution in [3.63, 3.8) is 0 Å². The Morgan fingerprint density at radius 1 is 1.00 bits per heavy atom. The van der Waals surface area contributed by atoms with Gasteiger partial charge in [0.05, 0.1) is 22.1 Å². The van der Waals surface area contributed by atoms with E-state index < -0.39 is 15.5 Å². The zero-order chi connectivity index (χ0) is 22.4. The Morgan fingerprint density at radius 2 is 1.81 bits per heavy atom. The Hall–Kier alpha value is -3.69. The van der Waals surface area contributed by atoms with E-state index in [-0.39, 0.29) is 18.0 Å². The molecule has 0 aromatic heterocycles. The van der Waals surface area contributed by atoms with Crippen molar-refractivity contribution in [1.29, 1.82) is 0 Å². The van der Waals surface area contributed by atoms with Crippen molar-refractivity contribution in [1.82, 2.24) is 0 Å². The lowest BCUT2D eigenvalue weighted by Gasteiger charge is -2.08. The molecule has 11 heteroatoms. The lowest BCUT2D eigenvalue weighted by Crippen LogP contribution is -1.99. The predicted molar refractivity (Wildman–Crippen MR) is 118 cm³/mol. The quantitative estimate of drug-likeness (QED) is 0.256. The first-order chi connectivity index (χ1) is 14.8. The summed E-state index contributed by atoms with van der Waals surface area (Å²) in [6, 6.07) is 15.4. The Balaban J connectivity index is 1.68. The normalized spacial score (nSPS) is 10.8. The van der Waals surface area contributed by atoms with Crippen LogP contribution in [0.3, 0.4) is 0 Å². The van der Waals surface area contributed by atoms with Crippen LogP contribution in [-0.4, -0.2) is 16.1 Å². The van der Waals surface area contributed by atoms with Gasteiger partial charge in [-0.15, -0.1) is 0 Å². The summed E-state index contributed by atoms with van der Waals surface area (Å²) in [5.41, 5.74) is 3.16. The number of anilines is 1. The standard InChI is InChI=1S/C20H14Cl2N4O5/c21-15-5-4-14(18(22)9-15)12-31-17-3-1-2-13(8-17)11-23-24-19-7-6-16(25(27)28)10-20(19)26(29)30/h1-11,24H,12H2/b23-11-. The van der Waals surface area contributed by atoms with E-state index in [9.17, 15) is 20.2 Å². The summed E-state index contributed by atoms with van der Waals surface area (Å²) >= 11 is 12.0. The number of benzene rings is 3. The van der Waals surface area contributed by atoms with Gasteiger partial charge in [0.1, 0.15) is 18.0 Å². The number of ether oxygens (including phenoxy) is 1. The molecular formula is C20H14Cl2N4O5. The number of non-ortho nitro benzene ring substituents is 1. The van der Waals surface area contributed by atoms with E-state index in [0.717, 1.165) is 17.7 Å². The van der Waals surface area contributed by atoms with Crippen molar-refractivity contribution in [3.8, 4) is 5.75 Å². The Kier molecular flexibility index (Phi) is 7.01. The minimum atomic E-state index is -0.721. The summed E-state index contributed by atoms with van der Waals surface area (Å²) in [5.74, 6) is 0.566. The summed E-state index contributed by atoms with van der Waals surface area (Å²) in [6.07, 6.45) is 1.44. The molecule has 0 atom stereocenters. The van der Waals surface area contributed by atoms with Gasteiger partial charge in [0.2, 0.25) is 0 Å². The fourth-order valence-electron chi connectivity index (χ4n) is 2.54. The van der Waals surface area contributed by atoms with Gasteiger partial charge in [0.15, 0.2) is 0 Å². The molecule has 9 nitrogen and oxygen atoms in total. The summed E-state index contributed by atoms with van der Waals surface area (Å²) in [4.78, 5) is 20.5. The van der Waals surface area contributed by atoms with Crippen molar-refractivity contribution < 1.29 is 14.6 Å². The molecule has 1 N–H and O–H groups in total. The average molecular weight is 461 g/mol. The molecule has 0 aliphatic rings. The van der Waals surface area contributed by atoms with Crippen molar-refractivity contribution >= 4 is 46.5 Å². The molecule has 0 aliphatic heterocycles. The lowest BCUT2D eigenvalue weighted by atomic mass is 10.2. The molecule has 0 unspecified atom stereocenters. The van der Waals surface area contributed by atoms with Gasteiger partial charge in [-0.05, 0) is 35.9 Å². The van der Waals surface area contributed by atoms with Gasteiger partial charge < -0.3 is 4.74 Å². The first-order valence-corrected chi connectivity index (χ1v) is 9.48. The zero-order valence-corrected chi connectivity index (χ0v) is 17.2. The molecular weight excluding hydrogens is 447 g/mol. The second-order valence-electron chi connectivity index (χ2n) is 6.18. The van der Waals surface area contributed by atoms with E-state index in [4.69, 9.17) is 27.9 Å². The van der Waals surface area contributed by atoms with Crippen LogP contribution in [0.2, 0.25) is 10.0 Å².